The third kappa shape index (κ3) is 6.48. The second kappa shape index (κ2) is 10.8. The molecule has 0 aliphatic rings. The van der Waals surface area contributed by atoms with Gasteiger partial charge in [-0.25, -0.2) is 9.37 Å². The van der Waals surface area contributed by atoms with Gasteiger partial charge in [0, 0.05) is 38.5 Å². The highest BCUT2D eigenvalue weighted by Crippen LogP contribution is 2.23. The fraction of sp³-hybridized carbons (Fsp3) is 0.217. The van der Waals surface area contributed by atoms with Gasteiger partial charge in [0.1, 0.15) is 17.3 Å². The van der Waals surface area contributed by atoms with Crippen molar-refractivity contribution in [1.82, 2.24) is 15.6 Å². The van der Waals surface area contributed by atoms with Crippen molar-refractivity contribution in [3.8, 4) is 17.4 Å². The summed E-state index contributed by atoms with van der Waals surface area (Å²) in [6.07, 6.45) is 2.46. The number of methoxy groups -OCH3 is 1. The van der Waals surface area contributed by atoms with Crippen LogP contribution in [0.1, 0.15) is 11.1 Å². The van der Waals surface area contributed by atoms with Crippen LogP contribution in [0.3, 0.4) is 0 Å². The molecular formula is C23H25FN4O2. The average molecular weight is 408 g/mol. The molecule has 0 saturated carbocycles. The molecule has 0 fully saturated rings. The van der Waals surface area contributed by atoms with E-state index in [9.17, 15) is 4.39 Å². The van der Waals surface area contributed by atoms with E-state index in [1.807, 2.05) is 36.4 Å². The topological polar surface area (TPSA) is 67.8 Å². The first-order chi connectivity index (χ1) is 14.7. The Morgan fingerprint density at radius 2 is 1.83 bits per heavy atom. The number of halogens is 1. The molecule has 7 heteroatoms. The second-order valence-corrected chi connectivity index (χ2v) is 6.52. The molecule has 3 rings (SSSR count). The number of rotatable bonds is 8. The lowest BCUT2D eigenvalue weighted by Gasteiger charge is -2.12. The molecule has 0 spiro atoms. The summed E-state index contributed by atoms with van der Waals surface area (Å²) in [4.78, 5) is 8.55. The predicted octanol–water partition coefficient (Wildman–Crippen LogP) is 3.93. The maximum atomic E-state index is 13.2. The van der Waals surface area contributed by atoms with Crippen LogP contribution in [0.4, 0.5) is 4.39 Å². The average Bonchev–Trinajstić information content (AvgIpc) is 2.77. The van der Waals surface area contributed by atoms with Gasteiger partial charge in [0.15, 0.2) is 5.96 Å². The van der Waals surface area contributed by atoms with Gasteiger partial charge in [0.25, 0.3) is 0 Å². The Morgan fingerprint density at radius 3 is 2.57 bits per heavy atom. The van der Waals surface area contributed by atoms with E-state index in [0.717, 1.165) is 16.9 Å². The van der Waals surface area contributed by atoms with Gasteiger partial charge in [-0.05, 0) is 41.8 Å². The molecule has 1 aromatic heterocycles. The van der Waals surface area contributed by atoms with Crippen LogP contribution in [0.25, 0.3) is 0 Å². The van der Waals surface area contributed by atoms with Crippen LogP contribution in [-0.2, 0) is 13.0 Å². The van der Waals surface area contributed by atoms with Crippen LogP contribution in [0.5, 0.6) is 17.4 Å². The van der Waals surface area contributed by atoms with Crippen LogP contribution >= 0.6 is 0 Å². The molecule has 1 heterocycles. The smallest absolute Gasteiger partial charge is 0.219 e. The molecule has 156 valence electrons. The minimum atomic E-state index is -0.221. The number of aliphatic imine (C=N–C) groups is 1. The summed E-state index contributed by atoms with van der Waals surface area (Å²) in [7, 11) is 3.32. The molecule has 0 unspecified atom stereocenters. The number of nitrogens with zero attached hydrogens (tertiary/aromatic N) is 2. The van der Waals surface area contributed by atoms with Gasteiger partial charge in [-0.3, -0.25) is 4.99 Å². The molecule has 3 aromatic rings. The molecule has 0 aliphatic carbocycles. The summed E-state index contributed by atoms with van der Waals surface area (Å²) in [6.45, 7) is 1.21. The van der Waals surface area contributed by atoms with Crippen LogP contribution in [0.15, 0.2) is 71.9 Å². The zero-order valence-electron chi connectivity index (χ0n) is 17.1. The standard InChI is InChI=1S/C23H25FN4O2/c1-25-23(26-12-11-17-5-3-6-19(24)13-17)28-16-18-9-10-22(27-15-18)30-21-8-4-7-20(14-21)29-2/h3-10,13-15H,11-12,16H2,1-2H3,(H2,25,26,28). The highest BCUT2D eigenvalue weighted by Gasteiger charge is 2.03. The van der Waals surface area contributed by atoms with Gasteiger partial charge in [-0.1, -0.05) is 24.3 Å². The van der Waals surface area contributed by atoms with E-state index in [2.05, 4.69) is 20.6 Å². The number of ether oxygens (including phenoxy) is 2. The molecular weight excluding hydrogens is 383 g/mol. The molecule has 2 aromatic carbocycles. The quantitative estimate of drug-likeness (QED) is 0.437. The third-order valence-electron chi connectivity index (χ3n) is 4.34. The molecule has 6 nitrogen and oxygen atoms in total. The number of benzene rings is 2. The Morgan fingerprint density at radius 1 is 1.00 bits per heavy atom. The summed E-state index contributed by atoms with van der Waals surface area (Å²) in [6, 6.07) is 17.7. The van der Waals surface area contributed by atoms with E-state index in [1.165, 1.54) is 6.07 Å². The van der Waals surface area contributed by atoms with Gasteiger partial charge in [-0.2, -0.15) is 0 Å². The van der Waals surface area contributed by atoms with Crippen molar-refractivity contribution >= 4 is 5.96 Å². The van der Waals surface area contributed by atoms with Gasteiger partial charge >= 0.3 is 0 Å². The Labute approximate surface area is 175 Å². The summed E-state index contributed by atoms with van der Waals surface area (Å²) in [5.41, 5.74) is 1.93. The van der Waals surface area contributed by atoms with Crippen LogP contribution in [0.2, 0.25) is 0 Å². The Bertz CT molecular complexity index is 977. The van der Waals surface area contributed by atoms with Crippen molar-refractivity contribution in [2.45, 2.75) is 13.0 Å². The zero-order chi connectivity index (χ0) is 21.2. The molecule has 2 N–H and O–H groups in total. The number of nitrogens with one attached hydrogen (secondary N) is 2. The first-order valence-corrected chi connectivity index (χ1v) is 9.62. The van der Waals surface area contributed by atoms with Gasteiger partial charge < -0.3 is 20.1 Å². The van der Waals surface area contributed by atoms with Crippen molar-refractivity contribution in [2.24, 2.45) is 4.99 Å². The summed E-state index contributed by atoms with van der Waals surface area (Å²) >= 11 is 0. The normalized spacial score (nSPS) is 11.1. The van der Waals surface area contributed by atoms with Gasteiger partial charge in [0.05, 0.1) is 7.11 Å². The minimum absolute atomic E-state index is 0.221. The molecule has 0 bridgehead atoms. The number of pyridine rings is 1. The van der Waals surface area contributed by atoms with Crippen molar-refractivity contribution in [3.63, 3.8) is 0 Å². The lowest BCUT2D eigenvalue weighted by molar-refractivity contribution is 0.407. The fourth-order valence-corrected chi connectivity index (χ4v) is 2.79. The lowest BCUT2D eigenvalue weighted by atomic mass is 10.1. The van der Waals surface area contributed by atoms with Crippen LogP contribution in [-0.4, -0.2) is 31.6 Å². The van der Waals surface area contributed by atoms with E-state index in [0.29, 0.717) is 37.1 Å². The monoisotopic (exact) mass is 408 g/mol. The second-order valence-electron chi connectivity index (χ2n) is 6.52. The molecule has 0 amide bonds. The lowest BCUT2D eigenvalue weighted by Crippen LogP contribution is -2.37. The maximum absolute atomic E-state index is 13.2. The van der Waals surface area contributed by atoms with E-state index in [1.54, 1.807) is 38.6 Å². The summed E-state index contributed by atoms with van der Waals surface area (Å²) < 4.78 is 24.2. The molecule has 0 saturated heterocycles. The van der Waals surface area contributed by atoms with E-state index < -0.39 is 0 Å². The molecule has 0 atom stereocenters. The first-order valence-electron chi connectivity index (χ1n) is 9.62. The summed E-state index contributed by atoms with van der Waals surface area (Å²) in [5, 5.41) is 6.46. The van der Waals surface area contributed by atoms with Crippen molar-refractivity contribution < 1.29 is 13.9 Å². The Hall–Kier alpha value is -3.61. The molecule has 30 heavy (non-hydrogen) atoms. The zero-order valence-corrected chi connectivity index (χ0v) is 17.1. The highest BCUT2D eigenvalue weighted by molar-refractivity contribution is 5.79. The SMILES string of the molecule is CN=C(NCCc1cccc(F)c1)NCc1ccc(Oc2cccc(OC)c2)nc1. The highest BCUT2D eigenvalue weighted by atomic mass is 19.1. The first kappa shape index (κ1) is 21.1. The van der Waals surface area contributed by atoms with Crippen LogP contribution in [0, 0.1) is 5.82 Å². The minimum Gasteiger partial charge on any atom is -0.497 e. The van der Waals surface area contributed by atoms with Crippen molar-refractivity contribution in [2.75, 3.05) is 20.7 Å². The van der Waals surface area contributed by atoms with E-state index >= 15 is 0 Å². The van der Waals surface area contributed by atoms with E-state index in [4.69, 9.17) is 9.47 Å². The van der Waals surface area contributed by atoms with E-state index in [-0.39, 0.29) is 5.82 Å². The largest absolute Gasteiger partial charge is 0.497 e. The number of aromatic nitrogens is 1. The van der Waals surface area contributed by atoms with Crippen LogP contribution < -0.4 is 20.1 Å². The van der Waals surface area contributed by atoms with Gasteiger partial charge in [0.2, 0.25) is 5.88 Å². The fourth-order valence-electron chi connectivity index (χ4n) is 2.79. The summed E-state index contributed by atoms with van der Waals surface area (Å²) in [5.74, 6) is 2.34. The maximum Gasteiger partial charge on any atom is 0.219 e. The predicted molar refractivity (Wildman–Crippen MR) is 116 cm³/mol. The van der Waals surface area contributed by atoms with Crippen molar-refractivity contribution in [1.29, 1.82) is 0 Å². The van der Waals surface area contributed by atoms with Crippen molar-refractivity contribution in [3.05, 3.63) is 83.8 Å². The molecule has 0 radical (unpaired) electrons. The third-order valence-corrected chi connectivity index (χ3v) is 4.34. The molecule has 0 aliphatic heterocycles. The number of guanidine groups is 1. The number of hydrogen-bond acceptors (Lipinski definition) is 4. The Kier molecular flexibility index (Phi) is 7.60. The van der Waals surface area contributed by atoms with Gasteiger partial charge in [-0.15, -0.1) is 0 Å². The number of hydrogen-bond donors (Lipinski definition) is 2. The Balaban J connectivity index is 1.46.